The second-order valence-electron chi connectivity index (χ2n) is 4.50. The number of rotatable bonds is 2. The lowest BCUT2D eigenvalue weighted by atomic mass is 10.1. The van der Waals surface area contributed by atoms with E-state index >= 15 is 0 Å². The Balaban J connectivity index is 2.90. The first-order chi connectivity index (χ1) is 7.83. The first kappa shape index (κ1) is 13.7. The predicted octanol–water partition coefficient (Wildman–Crippen LogP) is 2.79. The summed E-state index contributed by atoms with van der Waals surface area (Å²) in [5, 5.41) is 9.01. The number of carbonyl (C=O) groups is 1. The minimum absolute atomic E-state index is 0.393. The fraction of sp³-hybridized carbons (Fsp3) is 0.417. The molecule has 0 aliphatic carbocycles. The molecule has 0 radical (unpaired) electrons. The second kappa shape index (κ2) is 5.28. The summed E-state index contributed by atoms with van der Waals surface area (Å²) in [4.78, 5) is 15.8. The molecule has 5 heteroatoms. The van der Waals surface area contributed by atoms with Gasteiger partial charge >= 0.3 is 5.97 Å². The maximum atomic E-state index is 11.8. The van der Waals surface area contributed by atoms with Crippen LogP contribution < -0.4 is 0 Å². The van der Waals surface area contributed by atoms with Crippen LogP contribution in [0.5, 0.6) is 0 Å². The fourth-order valence-corrected chi connectivity index (χ4v) is 1.39. The van der Waals surface area contributed by atoms with Crippen LogP contribution >= 0.6 is 15.9 Å². The molecule has 1 atom stereocenters. The van der Waals surface area contributed by atoms with Crippen molar-refractivity contribution in [1.29, 1.82) is 5.26 Å². The minimum atomic E-state index is -0.984. The lowest BCUT2D eigenvalue weighted by Gasteiger charge is -2.21. The number of carbonyl (C=O) groups excluding carboxylic acids is 1. The number of hydrogen-bond acceptors (Lipinski definition) is 4. The third-order valence-electron chi connectivity index (χ3n) is 1.82. The Bertz CT molecular complexity index is 443. The third-order valence-corrected chi connectivity index (χ3v) is 2.29. The van der Waals surface area contributed by atoms with E-state index < -0.39 is 17.5 Å². The fourth-order valence-electron chi connectivity index (χ4n) is 1.16. The van der Waals surface area contributed by atoms with Crippen molar-refractivity contribution in [2.45, 2.75) is 32.3 Å². The van der Waals surface area contributed by atoms with E-state index in [9.17, 15) is 4.79 Å². The van der Waals surface area contributed by atoms with Crippen LogP contribution in [-0.4, -0.2) is 16.6 Å². The Morgan fingerprint density at radius 2 is 2.18 bits per heavy atom. The Morgan fingerprint density at radius 1 is 1.53 bits per heavy atom. The van der Waals surface area contributed by atoms with Crippen molar-refractivity contribution in [3.8, 4) is 6.07 Å². The topological polar surface area (TPSA) is 63.0 Å². The molecule has 0 aromatic carbocycles. The Kier molecular flexibility index (Phi) is 4.24. The number of nitrogens with zero attached hydrogens (tertiary/aromatic N) is 2. The van der Waals surface area contributed by atoms with E-state index in [4.69, 9.17) is 10.00 Å². The maximum Gasteiger partial charge on any atom is 0.330 e. The molecule has 1 aromatic rings. The van der Waals surface area contributed by atoms with E-state index in [1.54, 1.807) is 39.1 Å². The zero-order valence-electron chi connectivity index (χ0n) is 9.90. The van der Waals surface area contributed by atoms with Gasteiger partial charge in [0.05, 0.1) is 11.8 Å². The van der Waals surface area contributed by atoms with Crippen LogP contribution in [0.4, 0.5) is 0 Å². The molecule has 0 aliphatic heterocycles. The number of aromatic nitrogens is 1. The van der Waals surface area contributed by atoms with Crippen LogP contribution in [-0.2, 0) is 9.53 Å². The highest BCUT2D eigenvalue weighted by Gasteiger charge is 2.27. The molecule has 0 saturated heterocycles. The van der Waals surface area contributed by atoms with Gasteiger partial charge in [0, 0.05) is 10.7 Å². The summed E-state index contributed by atoms with van der Waals surface area (Å²) in [7, 11) is 0. The SMILES string of the molecule is CC(C)(C)OC(=O)[C@@H](C#N)c1ccc(Br)cn1. The van der Waals surface area contributed by atoms with Gasteiger partial charge in [-0.25, -0.2) is 0 Å². The molecule has 17 heavy (non-hydrogen) atoms. The van der Waals surface area contributed by atoms with Gasteiger partial charge in [-0.2, -0.15) is 5.26 Å². The van der Waals surface area contributed by atoms with Gasteiger partial charge in [-0.1, -0.05) is 0 Å². The van der Waals surface area contributed by atoms with Crippen molar-refractivity contribution < 1.29 is 9.53 Å². The molecule has 1 heterocycles. The maximum absolute atomic E-state index is 11.8. The van der Waals surface area contributed by atoms with Crippen LogP contribution in [0.25, 0.3) is 0 Å². The van der Waals surface area contributed by atoms with E-state index in [1.165, 1.54) is 0 Å². The molecule has 90 valence electrons. The van der Waals surface area contributed by atoms with E-state index in [2.05, 4.69) is 20.9 Å². The summed E-state index contributed by atoms with van der Waals surface area (Å²) in [5.41, 5.74) is -0.216. The van der Waals surface area contributed by atoms with E-state index in [1.807, 2.05) is 6.07 Å². The highest BCUT2D eigenvalue weighted by atomic mass is 79.9. The number of esters is 1. The van der Waals surface area contributed by atoms with E-state index in [-0.39, 0.29) is 0 Å². The van der Waals surface area contributed by atoms with Gasteiger partial charge in [-0.05, 0) is 48.8 Å². The molecule has 0 aliphatic rings. The standard InChI is InChI=1S/C12H13BrN2O2/c1-12(2,3)17-11(16)9(6-14)10-5-4-8(13)7-15-10/h4-5,7,9H,1-3H3/t9-/m0/s1. The summed E-state index contributed by atoms with van der Waals surface area (Å²) >= 11 is 3.24. The first-order valence-electron chi connectivity index (χ1n) is 5.07. The highest BCUT2D eigenvalue weighted by molar-refractivity contribution is 9.10. The van der Waals surface area contributed by atoms with Crippen molar-refractivity contribution in [3.05, 3.63) is 28.5 Å². The summed E-state index contributed by atoms with van der Waals surface area (Å²) in [6.45, 7) is 5.27. The molecule has 0 spiro atoms. The first-order valence-corrected chi connectivity index (χ1v) is 5.87. The average Bonchev–Trinajstić information content (AvgIpc) is 2.19. The van der Waals surface area contributed by atoms with Gasteiger partial charge in [0.15, 0.2) is 5.92 Å². The number of ether oxygens (including phenoxy) is 1. The highest BCUT2D eigenvalue weighted by Crippen LogP contribution is 2.19. The number of hydrogen-bond donors (Lipinski definition) is 0. The molecule has 0 saturated carbocycles. The molecular weight excluding hydrogens is 284 g/mol. The molecule has 1 aromatic heterocycles. The molecule has 0 bridgehead atoms. The van der Waals surface area contributed by atoms with Crippen molar-refractivity contribution in [1.82, 2.24) is 4.98 Å². The van der Waals surface area contributed by atoms with Gasteiger partial charge < -0.3 is 4.74 Å². The van der Waals surface area contributed by atoms with E-state index in [0.717, 1.165) is 4.47 Å². The molecule has 0 fully saturated rings. The Morgan fingerprint density at radius 3 is 2.59 bits per heavy atom. The number of nitriles is 1. The predicted molar refractivity (Wildman–Crippen MR) is 66.1 cm³/mol. The van der Waals surface area contributed by atoms with Crippen molar-refractivity contribution in [2.75, 3.05) is 0 Å². The van der Waals surface area contributed by atoms with E-state index in [0.29, 0.717) is 5.69 Å². The third kappa shape index (κ3) is 4.16. The van der Waals surface area contributed by atoms with Crippen LogP contribution in [0.2, 0.25) is 0 Å². The summed E-state index contributed by atoms with van der Waals surface area (Å²) in [5.74, 6) is -1.56. The molecular formula is C12H13BrN2O2. The van der Waals surface area contributed by atoms with Crippen LogP contribution in [0.15, 0.2) is 22.8 Å². The summed E-state index contributed by atoms with van der Waals surface area (Å²) in [6.07, 6.45) is 1.55. The van der Waals surface area contributed by atoms with Gasteiger partial charge in [0.2, 0.25) is 0 Å². The van der Waals surface area contributed by atoms with Gasteiger partial charge in [-0.3, -0.25) is 9.78 Å². The van der Waals surface area contributed by atoms with Crippen LogP contribution in [0.1, 0.15) is 32.4 Å². The lowest BCUT2D eigenvalue weighted by Crippen LogP contribution is -2.27. The summed E-state index contributed by atoms with van der Waals surface area (Å²) in [6, 6.07) is 5.27. The minimum Gasteiger partial charge on any atom is -0.459 e. The largest absolute Gasteiger partial charge is 0.459 e. The molecule has 0 amide bonds. The van der Waals surface area contributed by atoms with Crippen LogP contribution in [0.3, 0.4) is 0 Å². The normalized spacial score (nSPS) is 12.6. The van der Waals surface area contributed by atoms with Gasteiger partial charge in [-0.15, -0.1) is 0 Å². The van der Waals surface area contributed by atoms with Crippen molar-refractivity contribution >= 4 is 21.9 Å². The second-order valence-corrected chi connectivity index (χ2v) is 5.41. The average molecular weight is 297 g/mol. The quantitative estimate of drug-likeness (QED) is 0.787. The Hall–Kier alpha value is -1.41. The Labute approximate surface area is 109 Å². The van der Waals surface area contributed by atoms with Crippen LogP contribution in [0, 0.1) is 11.3 Å². The lowest BCUT2D eigenvalue weighted by molar-refractivity contribution is -0.155. The van der Waals surface area contributed by atoms with Crippen molar-refractivity contribution in [2.24, 2.45) is 0 Å². The zero-order valence-corrected chi connectivity index (χ0v) is 11.5. The number of halogens is 1. The smallest absolute Gasteiger partial charge is 0.330 e. The van der Waals surface area contributed by atoms with Gasteiger partial charge in [0.1, 0.15) is 5.60 Å². The van der Waals surface area contributed by atoms with Gasteiger partial charge in [0.25, 0.3) is 0 Å². The zero-order chi connectivity index (χ0) is 13.1. The molecule has 0 N–H and O–H groups in total. The molecule has 4 nitrogen and oxygen atoms in total. The van der Waals surface area contributed by atoms with Crippen molar-refractivity contribution in [3.63, 3.8) is 0 Å². The molecule has 0 unspecified atom stereocenters. The monoisotopic (exact) mass is 296 g/mol. The number of pyridine rings is 1. The molecule has 1 rings (SSSR count). The summed E-state index contributed by atoms with van der Waals surface area (Å²) < 4.78 is 5.96.